The molecule has 0 N–H and O–H groups in total. The molecule has 0 radical (unpaired) electrons. The second-order valence-corrected chi connectivity index (χ2v) is 6.62. The van der Waals surface area contributed by atoms with E-state index in [-0.39, 0.29) is 12.3 Å². The van der Waals surface area contributed by atoms with Crippen LogP contribution in [0.3, 0.4) is 0 Å². The van der Waals surface area contributed by atoms with Crippen LogP contribution in [-0.2, 0) is 16.0 Å². The fraction of sp³-hybridized carbons (Fsp3) is 0.143. The molecule has 3 rings (SSSR count). The molecule has 7 heteroatoms. The van der Waals surface area contributed by atoms with Gasteiger partial charge in [-0.3, -0.25) is 19.0 Å². The zero-order valence-electron chi connectivity index (χ0n) is 15.4. The summed E-state index contributed by atoms with van der Waals surface area (Å²) in [6.07, 6.45) is 1.22. The molecule has 0 aliphatic rings. The average molecular weight is 396 g/mol. The van der Waals surface area contributed by atoms with Crippen LogP contribution in [0.5, 0.6) is 0 Å². The minimum atomic E-state index is -0.541. The lowest BCUT2D eigenvalue weighted by Gasteiger charge is -2.14. The van der Waals surface area contributed by atoms with Crippen LogP contribution in [0, 0.1) is 0 Å². The Morgan fingerprint density at radius 2 is 1.75 bits per heavy atom. The smallest absolute Gasteiger partial charge is 0.255 e. The normalized spacial score (nSPS) is 11.1. The standard InChI is InChI=1S/C21H18ClN3O3/c1-14(26)24-18(11-16-7-4-6-10-20(16)24)12-21(28)25(15(2)27)23-13-17-8-3-5-9-19(17)22/h3-11,13H,12H2,1-2H3/b23-13-. The summed E-state index contributed by atoms with van der Waals surface area (Å²) < 4.78 is 1.48. The molecule has 0 saturated heterocycles. The highest BCUT2D eigenvalue weighted by Crippen LogP contribution is 2.21. The summed E-state index contributed by atoms with van der Waals surface area (Å²) >= 11 is 6.08. The van der Waals surface area contributed by atoms with E-state index < -0.39 is 11.8 Å². The third kappa shape index (κ3) is 4.02. The Morgan fingerprint density at radius 1 is 1.07 bits per heavy atom. The van der Waals surface area contributed by atoms with Crippen molar-refractivity contribution in [1.29, 1.82) is 0 Å². The molecule has 2 amide bonds. The number of amides is 2. The maximum Gasteiger partial charge on any atom is 0.255 e. The molecular weight excluding hydrogens is 378 g/mol. The van der Waals surface area contributed by atoms with E-state index in [0.29, 0.717) is 21.8 Å². The zero-order valence-corrected chi connectivity index (χ0v) is 16.2. The number of carbonyl (C=O) groups excluding carboxylic acids is 3. The van der Waals surface area contributed by atoms with Crippen LogP contribution in [-0.4, -0.2) is 33.5 Å². The van der Waals surface area contributed by atoms with Gasteiger partial charge in [0, 0.05) is 35.5 Å². The van der Waals surface area contributed by atoms with Gasteiger partial charge in [0.1, 0.15) is 0 Å². The van der Waals surface area contributed by atoms with E-state index in [4.69, 9.17) is 11.6 Å². The number of nitrogens with zero attached hydrogens (tertiary/aromatic N) is 3. The van der Waals surface area contributed by atoms with Gasteiger partial charge >= 0.3 is 0 Å². The van der Waals surface area contributed by atoms with E-state index in [9.17, 15) is 14.4 Å². The Balaban J connectivity index is 1.91. The van der Waals surface area contributed by atoms with Crippen molar-refractivity contribution in [3.8, 4) is 0 Å². The number of para-hydroxylation sites is 1. The van der Waals surface area contributed by atoms with Gasteiger partial charge in [0.2, 0.25) is 11.8 Å². The zero-order chi connectivity index (χ0) is 20.3. The van der Waals surface area contributed by atoms with Gasteiger partial charge in [0.05, 0.1) is 18.2 Å². The molecule has 28 heavy (non-hydrogen) atoms. The Morgan fingerprint density at radius 3 is 2.43 bits per heavy atom. The van der Waals surface area contributed by atoms with Crippen LogP contribution in [0.4, 0.5) is 0 Å². The van der Waals surface area contributed by atoms with E-state index in [2.05, 4.69) is 5.10 Å². The number of imide groups is 1. The molecule has 0 atom stereocenters. The second kappa shape index (κ2) is 8.19. The molecule has 1 heterocycles. The lowest BCUT2D eigenvalue weighted by molar-refractivity contribution is -0.143. The largest absolute Gasteiger partial charge is 0.284 e. The van der Waals surface area contributed by atoms with Gasteiger partial charge in [-0.15, -0.1) is 0 Å². The molecule has 0 unspecified atom stereocenters. The quantitative estimate of drug-likeness (QED) is 0.496. The predicted octanol–water partition coefficient (Wildman–Crippen LogP) is 3.91. The topological polar surface area (TPSA) is 71.7 Å². The number of carbonyl (C=O) groups is 3. The van der Waals surface area contributed by atoms with Crippen molar-refractivity contribution in [2.45, 2.75) is 20.3 Å². The molecule has 142 valence electrons. The van der Waals surface area contributed by atoms with Crippen LogP contribution in [0.15, 0.2) is 59.7 Å². The number of benzene rings is 2. The van der Waals surface area contributed by atoms with Gasteiger partial charge in [0.25, 0.3) is 5.91 Å². The first kappa shape index (κ1) is 19.5. The van der Waals surface area contributed by atoms with Gasteiger partial charge in [-0.25, -0.2) is 0 Å². The molecule has 0 fully saturated rings. The number of rotatable bonds is 4. The summed E-state index contributed by atoms with van der Waals surface area (Å²) in [4.78, 5) is 36.8. The van der Waals surface area contributed by atoms with Gasteiger partial charge in [-0.1, -0.05) is 48.0 Å². The van der Waals surface area contributed by atoms with Crippen molar-refractivity contribution in [3.05, 3.63) is 70.9 Å². The average Bonchev–Trinajstić information content (AvgIpc) is 3.01. The van der Waals surface area contributed by atoms with Crippen molar-refractivity contribution < 1.29 is 14.4 Å². The van der Waals surface area contributed by atoms with E-state index in [1.54, 1.807) is 30.3 Å². The summed E-state index contributed by atoms with van der Waals surface area (Å²) in [5, 5.41) is 6.09. The van der Waals surface area contributed by atoms with Crippen molar-refractivity contribution in [2.75, 3.05) is 0 Å². The molecule has 0 aliphatic heterocycles. The van der Waals surface area contributed by atoms with E-state index in [1.165, 1.54) is 24.6 Å². The highest BCUT2D eigenvalue weighted by Gasteiger charge is 2.21. The third-order valence-corrected chi connectivity index (χ3v) is 4.53. The van der Waals surface area contributed by atoms with Crippen LogP contribution in [0.25, 0.3) is 10.9 Å². The van der Waals surface area contributed by atoms with E-state index in [1.807, 2.05) is 24.3 Å². The number of aromatic nitrogens is 1. The van der Waals surface area contributed by atoms with Gasteiger partial charge < -0.3 is 0 Å². The Hall–Kier alpha value is -3.25. The Bertz CT molecular complexity index is 1100. The summed E-state index contributed by atoms with van der Waals surface area (Å²) in [5.41, 5.74) is 1.80. The van der Waals surface area contributed by atoms with Crippen molar-refractivity contribution >= 4 is 46.4 Å². The molecular formula is C21H18ClN3O3. The summed E-state index contributed by atoms with van der Waals surface area (Å²) in [6, 6.07) is 16.1. The molecule has 0 bridgehead atoms. The van der Waals surface area contributed by atoms with Crippen LogP contribution < -0.4 is 0 Å². The number of hydrazone groups is 1. The first-order valence-corrected chi connectivity index (χ1v) is 8.98. The minimum Gasteiger partial charge on any atom is -0.284 e. The molecule has 6 nitrogen and oxygen atoms in total. The van der Waals surface area contributed by atoms with Crippen LogP contribution >= 0.6 is 11.6 Å². The van der Waals surface area contributed by atoms with Gasteiger partial charge in [0.15, 0.2) is 0 Å². The van der Waals surface area contributed by atoms with E-state index >= 15 is 0 Å². The number of fused-ring (bicyclic) bond motifs is 1. The molecule has 2 aromatic carbocycles. The number of hydrogen-bond donors (Lipinski definition) is 0. The molecule has 1 aromatic heterocycles. The molecule has 0 spiro atoms. The maximum atomic E-state index is 12.7. The lowest BCUT2D eigenvalue weighted by atomic mass is 10.2. The Labute approximate surface area is 167 Å². The fourth-order valence-electron chi connectivity index (χ4n) is 2.96. The predicted molar refractivity (Wildman–Crippen MR) is 109 cm³/mol. The van der Waals surface area contributed by atoms with Crippen molar-refractivity contribution in [3.63, 3.8) is 0 Å². The molecule has 0 aliphatic carbocycles. The molecule has 3 aromatic rings. The summed E-state index contributed by atoms with van der Waals surface area (Å²) in [7, 11) is 0. The fourth-order valence-corrected chi connectivity index (χ4v) is 3.15. The maximum absolute atomic E-state index is 12.7. The number of hydrogen-bond acceptors (Lipinski definition) is 4. The highest BCUT2D eigenvalue weighted by molar-refractivity contribution is 6.33. The first-order valence-electron chi connectivity index (χ1n) is 8.61. The van der Waals surface area contributed by atoms with Gasteiger partial charge in [-0.2, -0.15) is 10.1 Å². The van der Waals surface area contributed by atoms with Crippen molar-refractivity contribution in [2.24, 2.45) is 5.10 Å². The van der Waals surface area contributed by atoms with E-state index in [0.717, 1.165) is 10.4 Å². The van der Waals surface area contributed by atoms with Crippen LogP contribution in [0.2, 0.25) is 5.02 Å². The van der Waals surface area contributed by atoms with Gasteiger partial charge in [-0.05, 0) is 18.2 Å². The Kier molecular flexibility index (Phi) is 5.70. The molecule has 0 saturated carbocycles. The monoisotopic (exact) mass is 395 g/mol. The SMILES string of the molecule is CC(=O)N(/N=C\c1ccccc1Cl)C(=O)Cc1cc2ccccc2n1C(C)=O. The van der Waals surface area contributed by atoms with Crippen LogP contribution in [0.1, 0.15) is 29.9 Å². The minimum absolute atomic E-state index is 0.145. The summed E-state index contributed by atoms with van der Waals surface area (Å²) in [6.45, 7) is 2.68. The lowest BCUT2D eigenvalue weighted by Crippen LogP contribution is -2.32. The third-order valence-electron chi connectivity index (χ3n) is 4.19. The van der Waals surface area contributed by atoms with Crippen molar-refractivity contribution in [1.82, 2.24) is 9.58 Å². The highest BCUT2D eigenvalue weighted by atomic mass is 35.5. The summed E-state index contributed by atoms with van der Waals surface area (Å²) in [5.74, 6) is -1.28. The number of halogens is 1. The first-order chi connectivity index (χ1) is 13.4. The second-order valence-electron chi connectivity index (χ2n) is 6.22.